The van der Waals surface area contributed by atoms with Crippen molar-refractivity contribution in [3.63, 3.8) is 0 Å². The van der Waals surface area contributed by atoms with E-state index in [0.717, 1.165) is 116 Å². The highest BCUT2D eigenvalue weighted by atomic mass is 17.1. The molecule has 0 amide bonds. The van der Waals surface area contributed by atoms with Gasteiger partial charge in [-0.25, -0.2) is 9.68 Å². The molecule has 0 spiro atoms. The van der Waals surface area contributed by atoms with Gasteiger partial charge in [0.25, 0.3) is 0 Å². The highest BCUT2D eigenvalue weighted by molar-refractivity contribution is 5.82. The van der Waals surface area contributed by atoms with Gasteiger partial charge in [-0.2, -0.15) is 0 Å². The van der Waals surface area contributed by atoms with Crippen molar-refractivity contribution in [1.82, 2.24) is 0 Å². The van der Waals surface area contributed by atoms with Crippen LogP contribution in [-0.4, -0.2) is 48.6 Å². The first-order valence-electron chi connectivity index (χ1n) is 27.4. The van der Waals surface area contributed by atoms with Crippen molar-refractivity contribution in [2.75, 3.05) is 13.2 Å². The van der Waals surface area contributed by atoms with E-state index >= 15 is 0 Å². The maximum atomic E-state index is 12.7. The third-order valence-electron chi connectivity index (χ3n) is 11.7. The third kappa shape index (κ3) is 50.2. The summed E-state index contributed by atoms with van der Waals surface area (Å²) in [6.07, 6.45) is 64.8. The number of esters is 3. The maximum absolute atomic E-state index is 12.7. The highest BCUT2D eigenvalue weighted by Gasteiger charge is 2.18. The van der Waals surface area contributed by atoms with E-state index in [1.54, 1.807) is 12.2 Å². The molecule has 384 valence electrons. The third-order valence-corrected chi connectivity index (χ3v) is 11.7. The number of unbranched alkanes of at least 4 members (excludes halogenated alkanes) is 24. The van der Waals surface area contributed by atoms with E-state index in [1.807, 2.05) is 24.3 Å². The Kier molecular flexibility index (Phi) is 50.7. The van der Waals surface area contributed by atoms with Crippen molar-refractivity contribution in [2.45, 2.75) is 258 Å². The Hall–Kier alpha value is -3.49. The van der Waals surface area contributed by atoms with Crippen LogP contribution in [0.3, 0.4) is 0 Å². The van der Waals surface area contributed by atoms with Crippen molar-refractivity contribution < 1.29 is 38.7 Å². The van der Waals surface area contributed by atoms with Gasteiger partial charge in [0, 0.05) is 18.9 Å². The Morgan fingerprint density at radius 1 is 0.403 bits per heavy atom. The predicted molar refractivity (Wildman–Crippen MR) is 282 cm³/mol. The summed E-state index contributed by atoms with van der Waals surface area (Å²) in [5.41, 5.74) is 0. The van der Waals surface area contributed by atoms with Crippen LogP contribution in [-0.2, 0) is 33.5 Å². The molecule has 0 aromatic carbocycles. The normalized spacial score (nSPS) is 13.2. The summed E-state index contributed by atoms with van der Waals surface area (Å²) in [6, 6.07) is 0. The summed E-state index contributed by atoms with van der Waals surface area (Å²) in [7, 11) is 0. The summed E-state index contributed by atoms with van der Waals surface area (Å²) in [5, 5.41) is 9.16. The maximum Gasteiger partial charge on any atom is 0.331 e. The van der Waals surface area contributed by atoms with Gasteiger partial charge in [0.15, 0.2) is 6.10 Å². The minimum Gasteiger partial charge on any atom is -0.462 e. The minimum absolute atomic E-state index is 0.0648. The summed E-state index contributed by atoms with van der Waals surface area (Å²) in [4.78, 5) is 42.6. The lowest BCUT2D eigenvalue weighted by Gasteiger charge is -2.17. The molecule has 8 nitrogen and oxygen atoms in total. The molecule has 0 aliphatic rings. The van der Waals surface area contributed by atoms with Crippen LogP contribution in [0.25, 0.3) is 0 Å². The Labute approximate surface area is 411 Å². The van der Waals surface area contributed by atoms with Crippen LogP contribution < -0.4 is 0 Å². The molecule has 0 aromatic rings. The van der Waals surface area contributed by atoms with Gasteiger partial charge in [0.2, 0.25) is 0 Å². The van der Waals surface area contributed by atoms with Crippen LogP contribution in [0.2, 0.25) is 0 Å². The van der Waals surface area contributed by atoms with Crippen LogP contribution in [0.1, 0.15) is 245 Å². The number of hydrogen-bond acceptors (Lipinski definition) is 8. The first kappa shape index (κ1) is 63.5. The van der Waals surface area contributed by atoms with E-state index in [1.165, 1.54) is 102 Å². The molecular formula is C59H100O8. The molecule has 1 N–H and O–H groups in total. The Balaban J connectivity index is 4.66. The monoisotopic (exact) mass is 937 g/mol. The molecule has 0 heterocycles. The van der Waals surface area contributed by atoms with Crippen LogP contribution in [0.15, 0.2) is 85.1 Å². The first-order valence-corrected chi connectivity index (χ1v) is 27.4. The fourth-order valence-corrected chi connectivity index (χ4v) is 7.50. The number of carbonyl (C=O) groups is 3. The fraction of sp³-hybridized carbons (Fsp3) is 0.712. The average molecular weight is 937 g/mol. The van der Waals surface area contributed by atoms with E-state index < -0.39 is 12.1 Å². The lowest BCUT2D eigenvalue weighted by atomic mass is 10.0. The minimum atomic E-state index is -0.898. The summed E-state index contributed by atoms with van der Waals surface area (Å²) in [5.74, 6) is -1.29. The van der Waals surface area contributed by atoms with Crippen molar-refractivity contribution in [3.8, 4) is 0 Å². The average Bonchev–Trinajstić information content (AvgIpc) is 3.33. The van der Waals surface area contributed by atoms with Crippen molar-refractivity contribution in [1.29, 1.82) is 0 Å². The predicted octanol–water partition coefficient (Wildman–Crippen LogP) is 17.4. The van der Waals surface area contributed by atoms with Crippen molar-refractivity contribution in [3.05, 3.63) is 85.1 Å². The number of hydrogen-bond donors (Lipinski definition) is 1. The smallest absolute Gasteiger partial charge is 0.331 e. The van der Waals surface area contributed by atoms with Gasteiger partial charge in [0.05, 0.1) is 6.10 Å². The van der Waals surface area contributed by atoms with Crippen molar-refractivity contribution >= 4 is 17.9 Å². The van der Waals surface area contributed by atoms with Gasteiger partial charge in [-0.05, 0) is 96.3 Å². The molecule has 0 saturated heterocycles. The number of rotatable bonds is 49. The van der Waals surface area contributed by atoms with Crippen LogP contribution in [0, 0.1) is 0 Å². The fourth-order valence-electron chi connectivity index (χ4n) is 7.50. The van der Waals surface area contributed by atoms with Gasteiger partial charge >= 0.3 is 17.9 Å². The standard InChI is InChI=1S/C59H100O8/c1-4-7-10-13-15-17-19-21-23-25-27-32-36-40-45-50-57(60)64-53-56(54-65-58(61)51-46-41-37-33-28-26-24-22-20-18-16-14-11-8-5-2)66-59(62)52-47-42-38-34-30-29-31-35-39-44-49-55(67-63)48-43-12-9-6-3/h15,17,21-24,29-31,34,38,42,47,52,55-56,63H,4-14,16,18-20,25-28,32-33,35-37,39-41,43-46,48-51,53-54H2,1-3H3/b17-15-,23-21-,24-22-,31-29?,34-30?,42-38?,52-47?. The molecule has 0 bridgehead atoms. The zero-order chi connectivity index (χ0) is 48.8. The molecule has 0 rings (SSSR count). The van der Waals surface area contributed by atoms with Gasteiger partial charge < -0.3 is 14.2 Å². The summed E-state index contributed by atoms with van der Waals surface area (Å²) >= 11 is 0. The summed E-state index contributed by atoms with van der Waals surface area (Å²) in [6.45, 7) is 6.34. The van der Waals surface area contributed by atoms with E-state index in [-0.39, 0.29) is 31.3 Å². The quantitative estimate of drug-likeness (QED) is 0.00939. The molecular weight excluding hydrogens is 837 g/mol. The molecule has 0 radical (unpaired) electrons. The molecule has 0 aromatic heterocycles. The lowest BCUT2D eigenvalue weighted by molar-refractivity contribution is -0.281. The van der Waals surface area contributed by atoms with E-state index in [4.69, 9.17) is 19.5 Å². The SMILES string of the molecule is CCCCC/C=C\C/C=C\CCCCCCCC(=O)OCC(COC(=O)CCCCCCC/C=C\CCCCCCCC)OC(=O)C=CC=CC=CC=CCCCCC(CCCCCC)OO. The molecule has 67 heavy (non-hydrogen) atoms. The second-order valence-corrected chi connectivity index (χ2v) is 18.2. The molecule has 0 fully saturated rings. The molecule has 0 aliphatic heterocycles. The van der Waals surface area contributed by atoms with Crippen LogP contribution in [0.5, 0.6) is 0 Å². The molecule has 2 unspecified atom stereocenters. The zero-order valence-electron chi connectivity index (χ0n) is 43.2. The van der Waals surface area contributed by atoms with Gasteiger partial charge in [-0.3, -0.25) is 14.8 Å². The highest BCUT2D eigenvalue weighted by Crippen LogP contribution is 2.15. The largest absolute Gasteiger partial charge is 0.462 e. The van der Waals surface area contributed by atoms with Crippen molar-refractivity contribution in [2.24, 2.45) is 0 Å². The van der Waals surface area contributed by atoms with Gasteiger partial charge in [-0.15, -0.1) is 0 Å². The van der Waals surface area contributed by atoms with E-state index in [2.05, 4.69) is 68.2 Å². The van der Waals surface area contributed by atoms with Gasteiger partial charge in [0.1, 0.15) is 13.2 Å². The Morgan fingerprint density at radius 3 is 1.30 bits per heavy atom. The Bertz CT molecular complexity index is 1320. The lowest BCUT2D eigenvalue weighted by Crippen LogP contribution is -2.30. The second kappa shape index (κ2) is 53.5. The molecule has 0 aliphatic carbocycles. The summed E-state index contributed by atoms with van der Waals surface area (Å²) < 4.78 is 16.6. The molecule has 2 atom stereocenters. The van der Waals surface area contributed by atoms with Crippen LogP contribution in [0.4, 0.5) is 0 Å². The van der Waals surface area contributed by atoms with E-state index in [9.17, 15) is 14.4 Å². The topological polar surface area (TPSA) is 108 Å². The first-order chi connectivity index (χ1) is 33.0. The molecule has 8 heteroatoms. The van der Waals surface area contributed by atoms with E-state index in [0.29, 0.717) is 12.8 Å². The Morgan fingerprint density at radius 2 is 0.776 bits per heavy atom. The number of carbonyl (C=O) groups excluding carboxylic acids is 3. The number of allylic oxidation sites excluding steroid dienone is 13. The number of ether oxygens (including phenoxy) is 3. The van der Waals surface area contributed by atoms with Gasteiger partial charge in [-0.1, -0.05) is 215 Å². The molecule has 0 saturated carbocycles. The zero-order valence-corrected chi connectivity index (χ0v) is 43.2. The second-order valence-electron chi connectivity index (χ2n) is 18.2. The van der Waals surface area contributed by atoms with Crippen LogP contribution >= 0.6 is 0 Å².